The van der Waals surface area contributed by atoms with E-state index in [-0.39, 0.29) is 17.9 Å². The molecular formula is C20H20N4O3S3. The number of carbonyl (C=O) groups is 2. The summed E-state index contributed by atoms with van der Waals surface area (Å²) in [6.45, 7) is 1.83. The van der Waals surface area contributed by atoms with Crippen molar-refractivity contribution in [3.63, 3.8) is 0 Å². The normalized spacial score (nSPS) is 18.5. The van der Waals surface area contributed by atoms with Crippen molar-refractivity contribution in [3.8, 4) is 0 Å². The maximum Gasteiger partial charge on any atom is 0.255 e. The van der Waals surface area contributed by atoms with E-state index in [1.165, 1.54) is 23.1 Å². The van der Waals surface area contributed by atoms with Crippen molar-refractivity contribution in [3.05, 3.63) is 34.8 Å². The molecule has 1 unspecified atom stereocenters. The van der Waals surface area contributed by atoms with E-state index in [1.54, 1.807) is 11.3 Å². The fraction of sp³-hybridized carbons (Fsp3) is 0.400. The first-order valence-corrected chi connectivity index (χ1v) is 12.4. The third-order valence-corrected chi connectivity index (χ3v) is 8.29. The molecule has 156 valence electrons. The summed E-state index contributed by atoms with van der Waals surface area (Å²) >= 11 is 4.56. The number of benzene rings is 1. The van der Waals surface area contributed by atoms with E-state index < -0.39 is 0 Å². The summed E-state index contributed by atoms with van der Waals surface area (Å²) in [5.74, 6) is 0.346. The number of rotatable bonds is 5. The third kappa shape index (κ3) is 4.22. The van der Waals surface area contributed by atoms with E-state index in [0.717, 1.165) is 38.0 Å². The molecule has 1 aromatic carbocycles. The molecule has 3 aromatic rings. The van der Waals surface area contributed by atoms with Crippen molar-refractivity contribution in [2.24, 2.45) is 0 Å². The van der Waals surface area contributed by atoms with Crippen LogP contribution in [0.5, 0.6) is 0 Å². The van der Waals surface area contributed by atoms with Gasteiger partial charge in [-0.2, -0.15) is 0 Å². The Bertz CT molecular complexity index is 1060. The monoisotopic (exact) mass is 460 g/mol. The van der Waals surface area contributed by atoms with Crippen molar-refractivity contribution in [1.29, 1.82) is 0 Å². The first-order chi connectivity index (χ1) is 14.7. The summed E-state index contributed by atoms with van der Waals surface area (Å²) in [6.07, 6.45) is 2.01. The summed E-state index contributed by atoms with van der Waals surface area (Å²) in [5.41, 5.74) is 1.95. The van der Waals surface area contributed by atoms with Crippen molar-refractivity contribution < 1.29 is 14.3 Å². The summed E-state index contributed by atoms with van der Waals surface area (Å²) in [7, 11) is 0. The van der Waals surface area contributed by atoms with Gasteiger partial charge in [-0.15, -0.1) is 11.3 Å². The number of para-hydroxylation sites is 1. The van der Waals surface area contributed by atoms with Gasteiger partial charge in [0.2, 0.25) is 5.91 Å². The third-order valence-electron chi connectivity index (χ3n) is 5.13. The zero-order valence-corrected chi connectivity index (χ0v) is 18.6. The molecule has 0 aliphatic carbocycles. The smallest absolute Gasteiger partial charge is 0.255 e. The lowest BCUT2D eigenvalue weighted by Gasteiger charge is -2.25. The van der Waals surface area contributed by atoms with Crippen LogP contribution in [0.15, 0.2) is 28.6 Å². The minimum Gasteiger partial charge on any atom is -0.368 e. The van der Waals surface area contributed by atoms with Crippen LogP contribution in [0.3, 0.4) is 0 Å². The highest BCUT2D eigenvalue weighted by Gasteiger charge is 2.27. The second kappa shape index (κ2) is 8.62. The van der Waals surface area contributed by atoms with Crippen LogP contribution in [-0.4, -0.2) is 51.7 Å². The summed E-state index contributed by atoms with van der Waals surface area (Å²) in [6, 6.07) is 8.00. The number of thioether (sulfide) groups is 1. The first-order valence-electron chi connectivity index (χ1n) is 9.83. The molecule has 1 saturated heterocycles. The second-order valence-corrected chi connectivity index (χ2v) is 10.5. The number of carbonyl (C=O) groups excluding carboxylic acids is 2. The maximum absolute atomic E-state index is 12.7. The van der Waals surface area contributed by atoms with Gasteiger partial charge in [0, 0.05) is 24.4 Å². The lowest BCUT2D eigenvalue weighted by atomic mass is 10.2. The number of aromatic nitrogens is 2. The Hall–Kier alpha value is -2.01. The van der Waals surface area contributed by atoms with Crippen LogP contribution in [0.1, 0.15) is 23.4 Å². The molecule has 0 saturated carbocycles. The Morgan fingerprint density at radius 3 is 3.00 bits per heavy atom. The number of fused-ring (bicyclic) bond motifs is 2. The predicted molar refractivity (Wildman–Crippen MR) is 119 cm³/mol. The van der Waals surface area contributed by atoms with Gasteiger partial charge in [-0.1, -0.05) is 35.2 Å². The zero-order chi connectivity index (χ0) is 20.5. The quantitative estimate of drug-likeness (QED) is 0.586. The lowest BCUT2D eigenvalue weighted by Crippen LogP contribution is -2.36. The molecule has 7 nitrogen and oxygen atoms in total. The molecule has 2 aromatic heterocycles. The lowest BCUT2D eigenvalue weighted by molar-refractivity contribution is -0.129. The van der Waals surface area contributed by atoms with Gasteiger partial charge < -0.3 is 9.64 Å². The highest BCUT2D eigenvalue weighted by molar-refractivity contribution is 8.01. The van der Waals surface area contributed by atoms with Gasteiger partial charge in [-0.3, -0.25) is 14.9 Å². The minimum absolute atomic E-state index is 0.100. The Kier molecular flexibility index (Phi) is 5.72. The fourth-order valence-electron chi connectivity index (χ4n) is 3.56. The molecule has 2 aliphatic heterocycles. The van der Waals surface area contributed by atoms with E-state index in [4.69, 9.17) is 4.74 Å². The molecule has 10 heteroatoms. The molecule has 0 spiro atoms. The predicted octanol–water partition coefficient (Wildman–Crippen LogP) is 3.55. The molecule has 0 bridgehead atoms. The Morgan fingerprint density at radius 2 is 2.17 bits per heavy atom. The van der Waals surface area contributed by atoms with Crippen LogP contribution in [0.25, 0.3) is 10.2 Å². The van der Waals surface area contributed by atoms with Crippen LogP contribution in [0.4, 0.5) is 5.13 Å². The van der Waals surface area contributed by atoms with Crippen molar-refractivity contribution in [2.45, 2.75) is 36.3 Å². The summed E-state index contributed by atoms with van der Waals surface area (Å²) in [4.78, 5) is 37.0. The SMILES string of the molecule is O=C(Nc1nc2c(s1)CN(C(=O)CSc1nc3ccccc3s1)CC2)C1CCCO1. The molecule has 2 aliphatic rings. The number of anilines is 1. The van der Waals surface area contributed by atoms with Gasteiger partial charge >= 0.3 is 0 Å². The summed E-state index contributed by atoms with van der Waals surface area (Å²) < 4.78 is 7.48. The van der Waals surface area contributed by atoms with Crippen LogP contribution in [0, 0.1) is 0 Å². The van der Waals surface area contributed by atoms with Gasteiger partial charge in [-0.05, 0) is 25.0 Å². The Labute approximate surface area is 185 Å². The van der Waals surface area contributed by atoms with E-state index >= 15 is 0 Å². The number of nitrogens with zero attached hydrogens (tertiary/aromatic N) is 3. The van der Waals surface area contributed by atoms with Crippen molar-refractivity contribution >= 4 is 61.6 Å². The maximum atomic E-state index is 12.7. The standard InChI is InChI=1S/C20H20N4O3S3/c25-17(11-28-20-22-12-4-1-2-6-15(12)30-20)24-8-7-13-16(10-24)29-19(21-13)23-18(26)14-5-3-9-27-14/h1-2,4,6,14H,3,5,7-11H2,(H,21,23,26). The van der Waals surface area contributed by atoms with Gasteiger partial charge in [0.25, 0.3) is 5.91 Å². The van der Waals surface area contributed by atoms with E-state index in [2.05, 4.69) is 15.3 Å². The largest absolute Gasteiger partial charge is 0.368 e. The zero-order valence-electron chi connectivity index (χ0n) is 16.1. The first kappa shape index (κ1) is 19.9. The van der Waals surface area contributed by atoms with Crippen molar-refractivity contribution in [1.82, 2.24) is 14.9 Å². The average molecular weight is 461 g/mol. The molecule has 5 rings (SSSR count). The van der Waals surface area contributed by atoms with Crippen LogP contribution < -0.4 is 5.32 Å². The second-order valence-electron chi connectivity index (χ2n) is 7.18. The molecule has 2 amide bonds. The number of amides is 2. The Balaban J connectivity index is 1.18. The molecule has 4 heterocycles. The topological polar surface area (TPSA) is 84.4 Å². The number of thiazole rings is 2. The molecule has 0 radical (unpaired) electrons. The fourth-order valence-corrected chi connectivity index (χ4v) is 6.56. The molecule has 1 fully saturated rings. The molecule has 1 N–H and O–H groups in total. The minimum atomic E-state index is -0.372. The van der Waals surface area contributed by atoms with Crippen LogP contribution in [-0.2, 0) is 27.3 Å². The molecular weight excluding hydrogens is 440 g/mol. The van der Waals surface area contributed by atoms with E-state index in [1.807, 2.05) is 29.2 Å². The number of hydrogen-bond acceptors (Lipinski definition) is 8. The highest BCUT2D eigenvalue weighted by Crippen LogP contribution is 2.31. The average Bonchev–Trinajstić information content (AvgIpc) is 3.49. The van der Waals surface area contributed by atoms with Gasteiger partial charge in [0.05, 0.1) is 28.2 Å². The highest BCUT2D eigenvalue weighted by atomic mass is 32.2. The molecule has 30 heavy (non-hydrogen) atoms. The van der Waals surface area contributed by atoms with E-state index in [0.29, 0.717) is 37.0 Å². The number of ether oxygens (including phenoxy) is 1. The Morgan fingerprint density at radius 1 is 1.27 bits per heavy atom. The van der Waals surface area contributed by atoms with Crippen LogP contribution in [0.2, 0.25) is 0 Å². The van der Waals surface area contributed by atoms with Gasteiger partial charge in [0.15, 0.2) is 9.47 Å². The number of nitrogens with one attached hydrogen (secondary N) is 1. The van der Waals surface area contributed by atoms with E-state index in [9.17, 15) is 9.59 Å². The molecule has 1 atom stereocenters. The van der Waals surface area contributed by atoms with Crippen molar-refractivity contribution in [2.75, 3.05) is 24.2 Å². The van der Waals surface area contributed by atoms with Crippen LogP contribution >= 0.6 is 34.4 Å². The van der Waals surface area contributed by atoms with Gasteiger partial charge in [0.1, 0.15) is 6.10 Å². The summed E-state index contributed by atoms with van der Waals surface area (Å²) in [5, 5.41) is 3.47. The van der Waals surface area contributed by atoms with Gasteiger partial charge in [-0.25, -0.2) is 9.97 Å². The number of hydrogen-bond donors (Lipinski definition) is 1.